The van der Waals surface area contributed by atoms with Gasteiger partial charge in [-0.15, -0.1) is 0 Å². The normalized spacial score (nSPS) is 15.0. The first kappa shape index (κ1) is 20.1. The molecule has 0 bridgehead atoms. The van der Waals surface area contributed by atoms with Gasteiger partial charge in [-0.3, -0.25) is 4.79 Å². The van der Waals surface area contributed by atoms with Crippen molar-refractivity contribution < 1.29 is 24.5 Å². The molecule has 1 heterocycles. The quantitative estimate of drug-likeness (QED) is 0.690. The number of hydrazone groups is 1. The molecular formula is C22H22N2O5. The molecule has 0 aliphatic carbocycles. The predicted octanol–water partition coefficient (Wildman–Crippen LogP) is 4.08. The molecular weight excluding hydrogens is 372 g/mol. The molecule has 0 saturated heterocycles. The second-order valence-electron chi connectivity index (χ2n) is 6.61. The summed E-state index contributed by atoms with van der Waals surface area (Å²) in [4.78, 5) is 24.1. The van der Waals surface area contributed by atoms with Crippen LogP contribution in [-0.2, 0) is 4.79 Å². The number of phenolic OH excluding ortho intramolecular Hbond substituents is 1. The zero-order chi connectivity index (χ0) is 21.0. The van der Waals surface area contributed by atoms with Crippen molar-refractivity contribution in [3.63, 3.8) is 0 Å². The van der Waals surface area contributed by atoms with E-state index in [0.29, 0.717) is 34.7 Å². The number of rotatable bonds is 7. The molecule has 3 rings (SSSR count). The Morgan fingerprint density at radius 3 is 2.55 bits per heavy atom. The SMILES string of the molecule is CCCCC1=NN(c2ccc(C(=O)O)cc2)C(=O)/C1=C\c1ccc(O)c(OC)c1. The summed E-state index contributed by atoms with van der Waals surface area (Å²) in [6, 6.07) is 10.9. The summed E-state index contributed by atoms with van der Waals surface area (Å²) in [6.45, 7) is 2.06. The Morgan fingerprint density at radius 1 is 1.21 bits per heavy atom. The molecule has 0 saturated carbocycles. The van der Waals surface area contributed by atoms with Gasteiger partial charge in [0.15, 0.2) is 11.5 Å². The van der Waals surface area contributed by atoms with Crippen molar-refractivity contribution in [1.82, 2.24) is 0 Å². The molecule has 1 amide bonds. The van der Waals surface area contributed by atoms with Gasteiger partial charge in [0.25, 0.3) is 5.91 Å². The lowest BCUT2D eigenvalue weighted by Gasteiger charge is -2.11. The van der Waals surface area contributed by atoms with Crippen LogP contribution in [0.3, 0.4) is 0 Å². The highest BCUT2D eigenvalue weighted by Crippen LogP contribution is 2.30. The third-order valence-electron chi connectivity index (χ3n) is 4.60. The lowest BCUT2D eigenvalue weighted by atomic mass is 10.0. The predicted molar refractivity (Wildman–Crippen MR) is 110 cm³/mol. The van der Waals surface area contributed by atoms with E-state index in [4.69, 9.17) is 9.84 Å². The van der Waals surface area contributed by atoms with Crippen molar-refractivity contribution in [3.8, 4) is 11.5 Å². The number of carboxylic acid groups (broad SMARTS) is 1. The van der Waals surface area contributed by atoms with Gasteiger partial charge in [-0.1, -0.05) is 19.4 Å². The number of benzene rings is 2. The van der Waals surface area contributed by atoms with Crippen LogP contribution in [0, 0.1) is 0 Å². The summed E-state index contributed by atoms with van der Waals surface area (Å²) < 4.78 is 5.14. The molecule has 0 radical (unpaired) electrons. The van der Waals surface area contributed by atoms with Gasteiger partial charge in [0, 0.05) is 0 Å². The fraction of sp³-hybridized carbons (Fsp3) is 0.227. The van der Waals surface area contributed by atoms with Crippen LogP contribution in [0.4, 0.5) is 5.69 Å². The standard InChI is InChI=1S/C22H22N2O5/c1-3-4-5-18-17(12-14-6-11-19(25)20(13-14)29-2)21(26)24(23-18)16-9-7-15(8-10-16)22(27)28/h6-13,25H,3-5H2,1-2H3,(H,27,28)/b17-12-. The summed E-state index contributed by atoms with van der Waals surface area (Å²) in [7, 11) is 1.46. The first-order valence-corrected chi connectivity index (χ1v) is 9.29. The van der Waals surface area contributed by atoms with E-state index in [1.807, 2.05) is 0 Å². The van der Waals surface area contributed by atoms with Gasteiger partial charge >= 0.3 is 5.97 Å². The van der Waals surface area contributed by atoms with Gasteiger partial charge < -0.3 is 14.9 Å². The van der Waals surface area contributed by atoms with Crippen LogP contribution in [0.1, 0.15) is 42.1 Å². The molecule has 1 aliphatic heterocycles. The fourth-order valence-electron chi connectivity index (χ4n) is 3.00. The Bertz CT molecular complexity index is 993. The third-order valence-corrected chi connectivity index (χ3v) is 4.60. The summed E-state index contributed by atoms with van der Waals surface area (Å²) in [5.74, 6) is -0.977. The minimum atomic E-state index is -1.03. The van der Waals surface area contributed by atoms with Crippen LogP contribution in [0.5, 0.6) is 11.5 Å². The Hall–Kier alpha value is -3.61. The lowest BCUT2D eigenvalue weighted by molar-refractivity contribution is -0.114. The van der Waals surface area contributed by atoms with E-state index in [-0.39, 0.29) is 17.2 Å². The summed E-state index contributed by atoms with van der Waals surface area (Å²) in [5, 5.41) is 24.6. The molecule has 0 atom stereocenters. The molecule has 2 aromatic carbocycles. The average molecular weight is 394 g/mol. The highest BCUT2D eigenvalue weighted by Gasteiger charge is 2.30. The largest absolute Gasteiger partial charge is 0.504 e. The molecule has 29 heavy (non-hydrogen) atoms. The zero-order valence-electron chi connectivity index (χ0n) is 16.3. The smallest absolute Gasteiger partial charge is 0.335 e. The number of ether oxygens (including phenoxy) is 1. The second kappa shape index (κ2) is 8.60. The lowest BCUT2D eigenvalue weighted by Crippen LogP contribution is -2.21. The van der Waals surface area contributed by atoms with E-state index >= 15 is 0 Å². The highest BCUT2D eigenvalue weighted by atomic mass is 16.5. The molecule has 1 aliphatic rings. The van der Waals surface area contributed by atoms with Crippen LogP contribution in [0.2, 0.25) is 0 Å². The maximum Gasteiger partial charge on any atom is 0.335 e. The summed E-state index contributed by atoms with van der Waals surface area (Å²) in [5.41, 5.74) is 2.48. The number of hydrogen-bond donors (Lipinski definition) is 2. The number of nitrogens with zero attached hydrogens (tertiary/aromatic N) is 2. The minimum absolute atomic E-state index is 0.0208. The van der Waals surface area contributed by atoms with Gasteiger partial charge in [0.2, 0.25) is 0 Å². The van der Waals surface area contributed by atoms with Crippen LogP contribution >= 0.6 is 0 Å². The maximum atomic E-state index is 13.1. The molecule has 2 N–H and O–H groups in total. The second-order valence-corrected chi connectivity index (χ2v) is 6.61. The van der Waals surface area contributed by atoms with Crippen LogP contribution in [-0.4, -0.2) is 34.9 Å². The number of carboxylic acids is 1. The third kappa shape index (κ3) is 4.29. The van der Waals surface area contributed by atoms with Gasteiger partial charge in [-0.2, -0.15) is 10.1 Å². The first-order valence-electron chi connectivity index (χ1n) is 9.29. The van der Waals surface area contributed by atoms with Crippen LogP contribution in [0.15, 0.2) is 53.1 Å². The minimum Gasteiger partial charge on any atom is -0.504 e. The fourth-order valence-corrected chi connectivity index (χ4v) is 3.00. The Labute approximate surface area is 168 Å². The molecule has 2 aromatic rings. The number of carbonyl (C=O) groups is 2. The average Bonchev–Trinajstić information content (AvgIpc) is 3.03. The van der Waals surface area contributed by atoms with Gasteiger partial charge in [-0.05, 0) is 60.9 Å². The Morgan fingerprint density at radius 2 is 1.93 bits per heavy atom. The van der Waals surface area contributed by atoms with Crippen LogP contribution < -0.4 is 9.75 Å². The molecule has 0 unspecified atom stereocenters. The number of methoxy groups -OCH3 is 1. The Balaban J connectivity index is 1.97. The van der Waals surface area contributed by atoms with E-state index in [9.17, 15) is 14.7 Å². The zero-order valence-corrected chi connectivity index (χ0v) is 16.3. The molecule has 150 valence electrons. The van der Waals surface area contributed by atoms with Crippen molar-refractivity contribution in [1.29, 1.82) is 0 Å². The number of amides is 1. The van der Waals surface area contributed by atoms with Gasteiger partial charge in [0.1, 0.15) is 0 Å². The number of anilines is 1. The van der Waals surface area contributed by atoms with Crippen molar-refractivity contribution in [3.05, 3.63) is 59.2 Å². The van der Waals surface area contributed by atoms with Gasteiger partial charge in [-0.25, -0.2) is 4.79 Å². The molecule has 0 fully saturated rings. The van der Waals surface area contributed by atoms with E-state index < -0.39 is 5.97 Å². The van der Waals surface area contributed by atoms with Gasteiger partial charge in [0.05, 0.1) is 29.6 Å². The summed E-state index contributed by atoms with van der Waals surface area (Å²) in [6.07, 6.45) is 4.21. The number of carbonyl (C=O) groups excluding carboxylic acids is 1. The van der Waals surface area contributed by atoms with E-state index in [1.165, 1.54) is 30.3 Å². The van der Waals surface area contributed by atoms with E-state index in [0.717, 1.165) is 12.8 Å². The van der Waals surface area contributed by atoms with Crippen molar-refractivity contribution in [2.45, 2.75) is 26.2 Å². The first-order chi connectivity index (χ1) is 13.9. The summed E-state index contributed by atoms with van der Waals surface area (Å²) >= 11 is 0. The molecule has 7 heteroatoms. The molecule has 0 aromatic heterocycles. The van der Waals surface area contributed by atoms with E-state index in [2.05, 4.69) is 12.0 Å². The van der Waals surface area contributed by atoms with E-state index in [1.54, 1.807) is 30.3 Å². The Kier molecular flexibility index (Phi) is 5.97. The number of unbranched alkanes of at least 4 members (excludes halogenated alkanes) is 1. The maximum absolute atomic E-state index is 13.1. The number of aromatic carboxylic acids is 1. The van der Waals surface area contributed by atoms with Crippen molar-refractivity contribution in [2.24, 2.45) is 5.10 Å². The monoisotopic (exact) mass is 394 g/mol. The number of phenols is 1. The molecule has 7 nitrogen and oxygen atoms in total. The van der Waals surface area contributed by atoms with Crippen molar-refractivity contribution in [2.75, 3.05) is 12.1 Å². The topological polar surface area (TPSA) is 99.4 Å². The number of hydrogen-bond acceptors (Lipinski definition) is 5. The molecule has 0 spiro atoms. The highest BCUT2D eigenvalue weighted by molar-refractivity contribution is 6.32. The van der Waals surface area contributed by atoms with Crippen molar-refractivity contribution >= 4 is 29.4 Å². The van der Waals surface area contributed by atoms with Crippen LogP contribution in [0.25, 0.3) is 6.08 Å². The number of aromatic hydroxyl groups is 1.